The smallest absolute Gasteiger partial charge is 0.165 e. The van der Waals surface area contributed by atoms with Crippen LogP contribution in [0.25, 0.3) is 0 Å². The predicted molar refractivity (Wildman–Crippen MR) is 54.4 cm³/mol. The van der Waals surface area contributed by atoms with Gasteiger partial charge >= 0.3 is 0 Å². The summed E-state index contributed by atoms with van der Waals surface area (Å²) < 4.78 is 4.40. The lowest BCUT2D eigenvalue weighted by Crippen LogP contribution is -2.06. The molecule has 0 aromatic carbocycles. The molecular formula is C7H9BrN6. The molecule has 14 heavy (non-hydrogen) atoms. The molecule has 0 saturated carbocycles. The van der Waals surface area contributed by atoms with E-state index in [1.807, 2.05) is 7.05 Å². The van der Waals surface area contributed by atoms with Crippen molar-refractivity contribution >= 4 is 21.7 Å². The first-order valence-corrected chi connectivity index (χ1v) is 4.78. The first-order valence-electron chi connectivity index (χ1n) is 3.99. The Balaban J connectivity index is 2.26. The van der Waals surface area contributed by atoms with E-state index in [0.717, 1.165) is 10.2 Å². The number of hydrogen-bond acceptors (Lipinski definition) is 4. The van der Waals surface area contributed by atoms with Crippen molar-refractivity contribution in [3.05, 3.63) is 22.6 Å². The Hall–Kier alpha value is -1.37. The molecule has 2 rings (SSSR count). The number of hydrogen-bond donors (Lipinski definition) is 1. The lowest BCUT2D eigenvalue weighted by molar-refractivity contribution is 0.598. The van der Waals surface area contributed by atoms with Gasteiger partial charge in [-0.1, -0.05) is 5.21 Å². The molecule has 74 valence electrons. The average molecular weight is 257 g/mol. The molecule has 0 spiro atoms. The molecule has 2 aromatic rings. The minimum absolute atomic E-state index is 0.420. The zero-order chi connectivity index (χ0) is 10.1. The molecule has 0 aliphatic rings. The molecule has 0 aliphatic heterocycles. The van der Waals surface area contributed by atoms with Crippen LogP contribution in [0.3, 0.4) is 0 Å². The van der Waals surface area contributed by atoms with Crippen LogP contribution in [0.2, 0.25) is 0 Å². The van der Waals surface area contributed by atoms with Gasteiger partial charge in [0.05, 0.1) is 29.1 Å². The number of nitrogens with two attached hydrogens (primary N) is 1. The van der Waals surface area contributed by atoms with E-state index >= 15 is 0 Å². The van der Waals surface area contributed by atoms with E-state index in [1.54, 1.807) is 21.8 Å². The monoisotopic (exact) mass is 256 g/mol. The van der Waals surface area contributed by atoms with Gasteiger partial charge in [-0.05, 0) is 15.9 Å². The summed E-state index contributed by atoms with van der Waals surface area (Å²) in [5.74, 6) is 0.420. The Morgan fingerprint density at radius 1 is 1.57 bits per heavy atom. The van der Waals surface area contributed by atoms with Crippen molar-refractivity contribution in [3.8, 4) is 0 Å². The van der Waals surface area contributed by atoms with Crippen LogP contribution in [0.1, 0.15) is 5.69 Å². The van der Waals surface area contributed by atoms with Crippen molar-refractivity contribution in [2.45, 2.75) is 6.54 Å². The molecule has 2 heterocycles. The van der Waals surface area contributed by atoms with Crippen LogP contribution in [0.4, 0.5) is 5.82 Å². The van der Waals surface area contributed by atoms with Crippen LogP contribution in [-0.4, -0.2) is 24.8 Å². The SMILES string of the molecule is Cn1ncc(Br)c1Cn1cc(N)nn1. The summed E-state index contributed by atoms with van der Waals surface area (Å²) in [7, 11) is 1.88. The molecule has 0 unspecified atom stereocenters. The zero-order valence-electron chi connectivity index (χ0n) is 7.55. The van der Waals surface area contributed by atoms with Gasteiger partial charge in [0.1, 0.15) is 0 Å². The molecular weight excluding hydrogens is 248 g/mol. The van der Waals surface area contributed by atoms with Gasteiger partial charge in [-0.3, -0.25) is 4.68 Å². The van der Waals surface area contributed by atoms with Gasteiger partial charge in [0.25, 0.3) is 0 Å². The summed E-state index contributed by atoms with van der Waals surface area (Å²) in [5.41, 5.74) is 6.48. The maximum atomic E-state index is 5.46. The van der Waals surface area contributed by atoms with Gasteiger partial charge in [0.15, 0.2) is 5.82 Å². The van der Waals surface area contributed by atoms with Gasteiger partial charge in [0, 0.05) is 7.05 Å². The molecule has 0 bridgehead atoms. The predicted octanol–water partition coefficient (Wildman–Crippen LogP) is 0.405. The Kier molecular flexibility index (Phi) is 2.24. The average Bonchev–Trinajstić information content (AvgIpc) is 2.67. The van der Waals surface area contributed by atoms with Crippen molar-refractivity contribution in [3.63, 3.8) is 0 Å². The lowest BCUT2D eigenvalue weighted by Gasteiger charge is -2.01. The highest BCUT2D eigenvalue weighted by atomic mass is 79.9. The lowest BCUT2D eigenvalue weighted by atomic mass is 10.4. The molecule has 0 atom stereocenters. The molecule has 0 saturated heterocycles. The van der Waals surface area contributed by atoms with E-state index in [0.29, 0.717) is 12.4 Å². The number of nitrogens with zero attached hydrogens (tertiary/aromatic N) is 5. The highest BCUT2D eigenvalue weighted by Crippen LogP contribution is 2.15. The Bertz CT molecular complexity index is 425. The third-order valence-electron chi connectivity index (χ3n) is 1.88. The van der Waals surface area contributed by atoms with Gasteiger partial charge in [0.2, 0.25) is 0 Å². The minimum Gasteiger partial charge on any atom is -0.381 e. The molecule has 7 heteroatoms. The van der Waals surface area contributed by atoms with Gasteiger partial charge < -0.3 is 5.73 Å². The van der Waals surface area contributed by atoms with E-state index in [4.69, 9.17) is 5.73 Å². The summed E-state index contributed by atoms with van der Waals surface area (Å²) in [6.07, 6.45) is 3.43. The molecule has 0 fully saturated rings. The summed E-state index contributed by atoms with van der Waals surface area (Å²) in [6.45, 7) is 0.598. The Morgan fingerprint density at radius 3 is 2.86 bits per heavy atom. The van der Waals surface area contributed by atoms with Crippen molar-refractivity contribution < 1.29 is 0 Å². The Morgan fingerprint density at radius 2 is 2.36 bits per heavy atom. The second kappa shape index (κ2) is 3.41. The van der Waals surface area contributed by atoms with Crippen molar-refractivity contribution in [2.24, 2.45) is 7.05 Å². The minimum atomic E-state index is 0.420. The van der Waals surface area contributed by atoms with E-state index in [2.05, 4.69) is 31.3 Å². The maximum Gasteiger partial charge on any atom is 0.165 e. The topological polar surface area (TPSA) is 74.5 Å². The van der Waals surface area contributed by atoms with Crippen molar-refractivity contribution in [1.82, 2.24) is 24.8 Å². The van der Waals surface area contributed by atoms with Crippen LogP contribution >= 0.6 is 15.9 Å². The standard InChI is InChI=1S/C7H9BrN6/c1-13-6(5(8)2-10-13)3-14-4-7(9)11-12-14/h2,4H,3,9H2,1H3. The first-order chi connectivity index (χ1) is 6.66. The fourth-order valence-corrected chi connectivity index (χ4v) is 1.63. The number of aryl methyl sites for hydroxylation is 1. The van der Waals surface area contributed by atoms with Gasteiger partial charge in [-0.25, -0.2) is 4.68 Å². The van der Waals surface area contributed by atoms with Crippen LogP contribution in [0.15, 0.2) is 16.9 Å². The van der Waals surface area contributed by atoms with Gasteiger partial charge in [-0.2, -0.15) is 5.10 Å². The maximum absolute atomic E-state index is 5.46. The van der Waals surface area contributed by atoms with Crippen LogP contribution in [0, 0.1) is 0 Å². The number of nitrogen functional groups attached to an aromatic ring is 1. The number of rotatable bonds is 2. The van der Waals surface area contributed by atoms with E-state index in [9.17, 15) is 0 Å². The molecule has 0 radical (unpaired) electrons. The van der Waals surface area contributed by atoms with E-state index in [1.165, 1.54) is 0 Å². The zero-order valence-corrected chi connectivity index (χ0v) is 9.14. The summed E-state index contributed by atoms with van der Waals surface area (Å²) in [4.78, 5) is 0. The summed E-state index contributed by atoms with van der Waals surface area (Å²) in [5, 5.41) is 11.7. The number of anilines is 1. The van der Waals surface area contributed by atoms with Crippen molar-refractivity contribution in [2.75, 3.05) is 5.73 Å². The van der Waals surface area contributed by atoms with E-state index in [-0.39, 0.29) is 0 Å². The highest BCUT2D eigenvalue weighted by molar-refractivity contribution is 9.10. The molecule has 6 nitrogen and oxygen atoms in total. The molecule has 2 aromatic heterocycles. The largest absolute Gasteiger partial charge is 0.381 e. The fraction of sp³-hybridized carbons (Fsp3) is 0.286. The highest BCUT2D eigenvalue weighted by Gasteiger charge is 2.07. The molecule has 0 aliphatic carbocycles. The second-order valence-corrected chi connectivity index (χ2v) is 3.76. The molecule has 2 N–H and O–H groups in total. The van der Waals surface area contributed by atoms with Gasteiger partial charge in [-0.15, -0.1) is 5.10 Å². The van der Waals surface area contributed by atoms with E-state index < -0.39 is 0 Å². The second-order valence-electron chi connectivity index (χ2n) is 2.90. The third-order valence-corrected chi connectivity index (χ3v) is 2.54. The number of halogens is 1. The van der Waals surface area contributed by atoms with Crippen LogP contribution in [-0.2, 0) is 13.6 Å². The number of aromatic nitrogens is 5. The van der Waals surface area contributed by atoms with Crippen LogP contribution in [0.5, 0.6) is 0 Å². The quantitative estimate of drug-likeness (QED) is 0.845. The van der Waals surface area contributed by atoms with Crippen molar-refractivity contribution in [1.29, 1.82) is 0 Å². The fourth-order valence-electron chi connectivity index (χ4n) is 1.16. The third kappa shape index (κ3) is 1.63. The summed E-state index contributed by atoms with van der Waals surface area (Å²) >= 11 is 3.41. The van der Waals surface area contributed by atoms with Crippen LogP contribution < -0.4 is 5.73 Å². The normalized spacial score (nSPS) is 10.7. The summed E-state index contributed by atoms with van der Waals surface area (Å²) in [6, 6.07) is 0. The Labute approximate surface area is 88.8 Å². The first kappa shape index (κ1) is 9.20. The molecule has 0 amide bonds.